The van der Waals surface area contributed by atoms with Gasteiger partial charge >= 0.3 is 0 Å². The Morgan fingerprint density at radius 1 is 1.09 bits per heavy atom. The molecule has 2 heterocycles. The van der Waals surface area contributed by atoms with Gasteiger partial charge in [0.25, 0.3) is 5.91 Å². The fraction of sp³-hybridized carbons (Fsp3) is 0.160. The molecule has 0 saturated heterocycles. The summed E-state index contributed by atoms with van der Waals surface area (Å²) >= 11 is 6.33. The Hall–Kier alpha value is -3.52. The topological polar surface area (TPSA) is 109 Å². The Bertz CT molecular complexity index is 1180. The molecule has 1 atom stereocenters. The third kappa shape index (κ3) is 6.04. The van der Waals surface area contributed by atoms with Crippen molar-refractivity contribution >= 4 is 23.2 Å². The Balaban J connectivity index is 1.33. The number of hydrogen-bond donors (Lipinski definition) is 4. The van der Waals surface area contributed by atoms with Crippen molar-refractivity contribution < 1.29 is 4.79 Å². The van der Waals surface area contributed by atoms with Gasteiger partial charge in [0.2, 0.25) is 0 Å². The second-order valence-electron chi connectivity index (χ2n) is 7.58. The van der Waals surface area contributed by atoms with Crippen molar-refractivity contribution in [2.45, 2.75) is 19.0 Å². The Kier molecular flexibility index (Phi) is 7.47. The minimum atomic E-state index is -0.307. The number of aryl methyl sites for hydroxylation is 1. The fourth-order valence-electron chi connectivity index (χ4n) is 3.44. The number of nitrogens with zero attached hydrogens (tertiary/aromatic N) is 2. The summed E-state index contributed by atoms with van der Waals surface area (Å²) in [6.45, 7) is 0.769. The maximum atomic E-state index is 12.7. The number of imidazole rings is 1. The number of H-pyrrole nitrogens is 1. The van der Waals surface area contributed by atoms with E-state index in [9.17, 15) is 4.79 Å². The Morgan fingerprint density at radius 2 is 1.94 bits per heavy atom. The fourth-order valence-corrected chi connectivity index (χ4v) is 3.65. The standard InChI is InChI=1S/C25H25ClN6O/c26-22-11-10-19(14-21(22)23-5-1-2-12-29-23)32-25(33)18-8-6-17(7-9-18)24(27)30-13-3-4-20-15-28-16-31-20/h1-2,5-12,14-16,24,30H,3-4,13,27H2,(H,28,31)(H,32,33). The summed E-state index contributed by atoms with van der Waals surface area (Å²) < 4.78 is 0. The van der Waals surface area contributed by atoms with E-state index in [0.29, 0.717) is 16.3 Å². The molecule has 7 nitrogen and oxygen atoms in total. The number of hydrogen-bond acceptors (Lipinski definition) is 5. The van der Waals surface area contributed by atoms with Crippen LogP contribution in [0.15, 0.2) is 79.4 Å². The van der Waals surface area contributed by atoms with Crippen LogP contribution in [0.25, 0.3) is 11.3 Å². The molecule has 4 rings (SSSR count). The third-order valence-corrected chi connectivity index (χ3v) is 5.56. The molecule has 0 bridgehead atoms. The average Bonchev–Trinajstić information content (AvgIpc) is 3.37. The molecule has 0 fully saturated rings. The lowest BCUT2D eigenvalue weighted by atomic mass is 10.1. The molecule has 0 saturated carbocycles. The lowest BCUT2D eigenvalue weighted by Crippen LogP contribution is -2.29. The van der Waals surface area contributed by atoms with Gasteiger partial charge in [0.05, 0.1) is 28.9 Å². The smallest absolute Gasteiger partial charge is 0.255 e. The molecule has 4 aromatic rings. The van der Waals surface area contributed by atoms with Crippen LogP contribution in [0.4, 0.5) is 5.69 Å². The highest BCUT2D eigenvalue weighted by molar-refractivity contribution is 6.33. The molecule has 1 unspecified atom stereocenters. The molecule has 33 heavy (non-hydrogen) atoms. The largest absolute Gasteiger partial charge is 0.351 e. The number of aromatic nitrogens is 3. The van der Waals surface area contributed by atoms with Gasteiger partial charge in [-0.05, 0) is 67.4 Å². The first kappa shape index (κ1) is 22.7. The van der Waals surface area contributed by atoms with Crippen LogP contribution in [0.2, 0.25) is 5.02 Å². The summed E-state index contributed by atoms with van der Waals surface area (Å²) in [5.74, 6) is -0.212. The first-order chi connectivity index (χ1) is 16.1. The summed E-state index contributed by atoms with van der Waals surface area (Å²) in [5, 5.41) is 6.79. The SMILES string of the molecule is NC(NCCCc1c[nH]cn1)c1ccc(C(=O)Nc2ccc(Cl)c(-c3ccccn3)c2)cc1. The summed E-state index contributed by atoms with van der Waals surface area (Å²) in [7, 11) is 0. The maximum absolute atomic E-state index is 12.7. The lowest BCUT2D eigenvalue weighted by molar-refractivity contribution is 0.102. The van der Waals surface area contributed by atoms with Crippen LogP contribution >= 0.6 is 11.6 Å². The van der Waals surface area contributed by atoms with Crippen molar-refractivity contribution in [3.8, 4) is 11.3 Å². The number of anilines is 1. The number of carbonyl (C=O) groups excluding carboxylic acids is 1. The van der Waals surface area contributed by atoms with Crippen LogP contribution in [-0.4, -0.2) is 27.4 Å². The first-order valence-electron chi connectivity index (χ1n) is 10.7. The summed E-state index contributed by atoms with van der Waals surface area (Å²) in [6.07, 6.45) is 6.79. The predicted molar refractivity (Wildman–Crippen MR) is 131 cm³/mol. The minimum absolute atomic E-state index is 0.212. The van der Waals surface area contributed by atoms with Crippen LogP contribution in [0.5, 0.6) is 0 Å². The lowest BCUT2D eigenvalue weighted by Gasteiger charge is -2.15. The number of aromatic amines is 1. The Labute approximate surface area is 197 Å². The number of benzene rings is 2. The number of rotatable bonds is 9. The van der Waals surface area contributed by atoms with E-state index in [1.165, 1.54) is 0 Å². The van der Waals surface area contributed by atoms with Crippen molar-refractivity contribution in [2.75, 3.05) is 11.9 Å². The van der Waals surface area contributed by atoms with Gasteiger partial charge in [-0.1, -0.05) is 29.8 Å². The zero-order valence-electron chi connectivity index (χ0n) is 18.0. The number of carbonyl (C=O) groups is 1. The van der Waals surface area contributed by atoms with Gasteiger partial charge in [-0.25, -0.2) is 4.98 Å². The molecule has 0 aliphatic carbocycles. The van der Waals surface area contributed by atoms with Gasteiger partial charge in [0.15, 0.2) is 0 Å². The monoisotopic (exact) mass is 460 g/mol. The average molecular weight is 461 g/mol. The first-order valence-corrected chi connectivity index (χ1v) is 11.1. The number of amides is 1. The van der Waals surface area contributed by atoms with Gasteiger partial charge in [-0.3, -0.25) is 15.1 Å². The number of halogens is 1. The van der Waals surface area contributed by atoms with Gasteiger partial charge in [-0.2, -0.15) is 0 Å². The van der Waals surface area contributed by atoms with E-state index in [2.05, 4.69) is 25.6 Å². The predicted octanol–water partition coefficient (Wildman–Crippen LogP) is 4.56. The number of pyridine rings is 1. The summed E-state index contributed by atoms with van der Waals surface area (Å²) in [6, 6.07) is 18.2. The molecule has 0 aliphatic heterocycles. The molecule has 168 valence electrons. The Morgan fingerprint density at radius 3 is 2.67 bits per heavy atom. The van der Waals surface area contributed by atoms with Crippen molar-refractivity contribution in [2.24, 2.45) is 5.73 Å². The molecule has 1 amide bonds. The second kappa shape index (κ2) is 10.9. The van der Waals surface area contributed by atoms with Crippen LogP contribution in [0.1, 0.15) is 34.2 Å². The quantitative estimate of drug-likeness (QED) is 0.216. The molecular formula is C25H25ClN6O. The van der Waals surface area contributed by atoms with Crippen LogP contribution in [0, 0.1) is 0 Å². The van der Waals surface area contributed by atoms with Crippen LogP contribution in [0.3, 0.4) is 0 Å². The second-order valence-corrected chi connectivity index (χ2v) is 7.99. The summed E-state index contributed by atoms with van der Waals surface area (Å²) in [4.78, 5) is 24.2. The molecule has 5 N–H and O–H groups in total. The molecule has 8 heteroatoms. The highest BCUT2D eigenvalue weighted by atomic mass is 35.5. The van der Waals surface area contributed by atoms with E-state index in [4.69, 9.17) is 17.3 Å². The van der Waals surface area contributed by atoms with E-state index >= 15 is 0 Å². The number of nitrogens with two attached hydrogens (primary N) is 1. The summed E-state index contributed by atoms with van der Waals surface area (Å²) in [5.41, 5.74) is 10.9. The van der Waals surface area contributed by atoms with Crippen molar-refractivity contribution in [3.05, 3.63) is 101 Å². The highest BCUT2D eigenvalue weighted by Gasteiger charge is 2.11. The van der Waals surface area contributed by atoms with Gasteiger partial charge in [0, 0.05) is 29.2 Å². The van der Waals surface area contributed by atoms with Gasteiger partial charge in [-0.15, -0.1) is 0 Å². The minimum Gasteiger partial charge on any atom is -0.351 e. The van der Waals surface area contributed by atoms with Crippen molar-refractivity contribution in [1.82, 2.24) is 20.3 Å². The normalized spacial score (nSPS) is 11.8. The molecular weight excluding hydrogens is 436 g/mol. The van der Waals surface area contributed by atoms with E-state index in [-0.39, 0.29) is 12.1 Å². The van der Waals surface area contributed by atoms with Crippen molar-refractivity contribution in [1.29, 1.82) is 0 Å². The maximum Gasteiger partial charge on any atom is 0.255 e. The molecule has 0 aliphatic rings. The van der Waals surface area contributed by atoms with E-state index < -0.39 is 0 Å². The zero-order chi connectivity index (χ0) is 23.0. The van der Waals surface area contributed by atoms with E-state index in [0.717, 1.165) is 41.9 Å². The van der Waals surface area contributed by atoms with Crippen molar-refractivity contribution in [3.63, 3.8) is 0 Å². The number of nitrogens with one attached hydrogen (secondary N) is 3. The zero-order valence-corrected chi connectivity index (χ0v) is 18.7. The van der Waals surface area contributed by atoms with Gasteiger partial charge < -0.3 is 16.0 Å². The highest BCUT2D eigenvalue weighted by Crippen LogP contribution is 2.29. The molecule has 0 radical (unpaired) electrons. The van der Waals surface area contributed by atoms with E-state index in [1.807, 2.05) is 42.6 Å². The van der Waals surface area contributed by atoms with Gasteiger partial charge in [0.1, 0.15) is 0 Å². The third-order valence-electron chi connectivity index (χ3n) is 5.23. The van der Waals surface area contributed by atoms with E-state index in [1.54, 1.807) is 36.8 Å². The van der Waals surface area contributed by atoms with Crippen LogP contribution in [-0.2, 0) is 6.42 Å². The van der Waals surface area contributed by atoms with Crippen LogP contribution < -0.4 is 16.4 Å². The molecule has 2 aromatic heterocycles. The molecule has 0 spiro atoms. The molecule has 2 aromatic carbocycles.